The number of hydrogen-bond acceptors (Lipinski definition) is 4. The lowest BCUT2D eigenvalue weighted by Crippen LogP contribution is -2.07. The third-order valence-corrected chi connectivity index (χ3v) is 1.80. The summed E-state index contributed by atoms with van der Waals surface area (Å²) in [5.41, 5.74) is 5.87. The molecule has 1 rings (SSSR count). The average Bonchev–Trinajstić information content (AvgIpc) is 2.29. The van der Waals surface area contributed by atoms with Crippen LogP contribution >= 0.6 is 0 Å². The number of rotatable bonds is 4. The Morgan fingerprint density at radius 3 is 2.78 bits per heavy atom. The molecule has 0 atom stereocenters. The molecule has 0 saturated heterocycles. The van der Waals surface area contributed by atoms with Crippen molar-refractivity contribution in [3.63, 3.8) is 0 Å². The largest absolute Gasteiger partial charge is 0.479 e. The van der Waals surface area contributed by atoms with Crippen LogP contribution in [0.5, 0.6) is 5.88 Å². The van der Waals surface area contributed by atoms with Crippen LogP contribution in [0.4, 0.5) is 11.5 Å². The van der Waals surface area contributed by atoms with Crippen LogP contribution in [0.2, 0.25) is 0 Å². The lowest BCUT2D eigenvalue weighted by molar-refractivity contribution is -0.114. The van der Waals surface area contributed by atoms with Crippen LogP contribution in [-0.2, 0) is 4.79 Å². The monoisotopic (exact) mass is 249 g/mol. The van der Waals surface area contributed by atoms with Gasteiger partial charge in [-0.2, -0.15) is 4.98 Å². The number of nitrogens with zero attached hydrogens (tertiary/aromatic N) is 3. The number of amidine groups is 1. The predicted octanol–water partition coefficient (Wildman–Crippen LogP) is 1.09. The maximum absolute atomic E-state index is 10.9. The first-order valence-electron chi connectivity index (χ1n) is 5.18. The SMILES string of the molecule is COc1nc(NC(C)=O)ccc1N=CN=C(C)N. The molecule has 0 saturated carbocycles. The van der Waals surface area contributed by atoms with E-state index in [1.807, 2.05) is 0 Å². The smallest absolute Gasteiger partial charge is 0.241 e. The van der Waals surface area contributed by atoms with Crippen molar-refractivity contribution in [2.45, 2.75) is 13.8 Å². The van der Waals surface area contributed by atoms with Crippen molar-refractivity contribution < 1.29 is 9.53 Å². The molecule has 0 unspecified atom stereocenters. The van der Waals surface area contributed by atoms with Gasteiger partial charge in [0.25, 0.3) is 0 Å². The second-order valence-electron chi connectivity index (χ2n) is 3.42. The van der Waals surface area contributed by atoms with Crippen molar-refractivity contribution >= 4 is 29.6 Å². The van der Waals surface area contributed by atoms with Crippen molar-refractivity contribution in [3.8, 4) is 5.88 Å². The van der Waals surface area contributed by atoms with Crippen molar-refractivity contribution in [3.05, 3.63) is 12.1 Å². The summed E-state index contributed by atoms with van der Waals surface area (Å²) in [7, 11) is 1.47. The molecule has 0 radical (unpaired) electrons. The van der Waals surface area contributed by atoms with Crippen LogP contribution < -0.4 is 15.8 Å². The molecule has 1 aromatic heterocycles. The van der Waals surface area contributed by atoms with Gasteiger partial charge in [-0.05, 0) is 19.1 Å². The second kappa shape index (κ2) is 6.33. The Balaban J connectivity index is 2.96. The average molecular weight is 249 g/mol. The van der Waals surface area contributed by atoms with E-state index in [-0.39, 0.29) is 5.91 Å². The summed E-state index contributed by atoms with van der Waals surface area (Å²) in [6.07, 6.45) is 1.31. The van der Waals surface area contributed by atoms with Gasteiger partial charge in [0.15, 0.2) is 0 Å². The molecule has 96 valence electrons. The number of pyridine rings is 1. The Bertz CT molecular complexity index is 492. The zero-order valence-electron chi connectivity index (χ0n) is 10.5. The van der Waals surface area contributed by atoms with Gasteiger partial charge in [0.05, 0.1) is 12.9 Å². The number of nitrogens with two attached hydrogens (primary N) is 1. The Morgan fingerprint density at radius 2 is 2.22 bits per heavy atom. The van der Waals surface area contributed by atoms with Gasteiger partial charge in [0, 0.05) is 6.92 Å². The highest BCUT2D eigenvalue weighted by Gasteiger charge is 2.05. The van der Waals surface area contributed by atoms with Gasteiger partial charge in [-0.3, -0.25) is 4.79 Å². The molecule has 0 fully saturated rings. The summed E-state index contributed by atoms with van der Waals surface area (Å²) >= 11 is 0. The summed E-state index contributed by atoms with van der Waals surface area (Å²) < 4.78 is 5.07. The Kier molecular flexibility index (Phi) is 4.79. The van der Waals surface area contributed by atoms with E-state index < -0.39 is 0 Å². The predicted molar refractivity (Wildman–Crippen MR) is 70.5 cm³/mol. The highest BCUT2D eigenvalue weighted by molar-refractivity contribution is 5.88. The highest BCUT2D eigenvalue weighted by Crippen LogP contribution is 2.26. The molecular weight excluding hydrogens is 234 g/mol. The van der Waals surface area contributed by atoms with Crippen LogP contribution in [0, 0.1) is 0 Å². The van der Waals surface area contributed by atoms with Crippen molar-refractivity contribution in [1.82, 2.24) is 4.98 Å². The zero-order valence-corrected chi connectivity index (χ0v) is 10.5. The van der Waals surface area contributed by atoms with Crippen LogP contribution in [0.15, 0.2) is 22.1 Å². The number of carbonyl (C=O) groups is 1. The molecule has 0 bridgehead atoms. The van der Waals surface area contributed by atoms with Crippen LogP contribution in [0.1, 0.15) is 13.8 Å². The molecule has 3 N–H and O–H groups in total. The van der Waals surface area contributed by atoms with Gasteiger partial charge >= 0.3 is 0 Å². The van der Waals surface area contributed by atoms with E-state index >= 15 is 0 Å². The Morgan fingerprint density at radius 1 is 1.50 bits per heavy atom. The van der Waals surface area contributed by atoms with Crippen LogP contribution in [-0.4, -0.2) is 30.2 Å². The minimum Gasteiger partial charge on any atom is -0.479 e. The molecule has 0 aliphatic rings. The molecule has 0 aliphatic carbocycles. The number of aliphatic imine (C=N–C) groups is 2. The summed E-state index contributed by atoms with van der Waals surface area (Å²) in [4.78, 5) is 22.8. The van der Waals surface area contributed by atoms with E-state index in [9.17, 15) is 4.79 Å². The number of methoxy groups -OCH3 is 1. The number of amides is 1. The second-order valence-corrected chi connectivity index (χ2v) is 3.42. The maximum atomic E-state index is 10.9. The fourth-order valence-corrected chi connectivity index (χ4v) is 1.11. The maximum Gasteiger partial charge on any atom is 0.241 e. The van der Waals surface area contributed by atoms with Gasteiger partial charge in [0.2, 0.25) is 11.8 Å². The van der Waals surface area contributed by atoms with Gasteiger partial charge < -0.3 is 15.8 Å². The number of aromatic nitrogens is 1. The minimum atomic E-state index is -0.204. The first-order chi connectivity index (χ1) is 8.52. The van der Waals surface area contributed by atoms with E-state index in [1.54, 1.807) is 19.1 Å². The lowest BCUT2D eigenvalue weighted by Gasteiger charge is -2.06. The summed E-state index contributed by atoms with van der Waals surface area (Å²) in [5, 5.41) is 2.55. The molecule has 0 aliphatic heterocycles. The van der Waals surface area contributed by atoms with E-state index in [0.717, 1.165) is 0 Å². The molecular formula is C11H15N5O2. The molecule has 1 aromatic rings. The van der Waals surface area contributed by atoms with Gasteiger partial charge in [-0.15, -0.1) is 0 Å². The van der Waals surface area contributed by atoms with Crippen molar-refractivity contribution in [1.29, 1.82) is 0 Å². The Hall–Kier alpha value is -2.44. The molecule has 0 aromatic carbocycles. The summed E-state index contributed by atoms with van der Waals surface area (Å²) in [6, 6.07) is 3.28. The Labute approximate surface area is 105 Å². The fraction of sp³-hybridized carbons (Fsp3) is 0.273. The van der Waals surface area contributed by atoms with Gasteiger partial charge in [-0.1, -0.05) is 0 Å². The molecule has 7 nitrogen and oxygen atoms in total. The molecule has 1 heterocycles. The standard InChI is InChI=1S/C11H15N5O2/c1-7(12)13-6-14-9-4-5-10(15-8(2)17)16-11(9)18-3/h4-6H,1-3H3,(H2,12,13,14)(H,15,16,17). The topological polar surface area (TPSA) is 102 Å². The minimum absolute atomic E-state index is 0.204. The van der Waals surface area contributed by atoms with Crippen LogP contribution in [0.25, 0.3) is 0 Å². The highest BCUT2D eigenvalue weighted by atomic mass is 16.5. The number of ether oxygens (including phenoxy) is 1. The van der Waals surface area contributed by atoms with E-state index in [1.165, 1.54) is 20.4 Å². The van der Waals surface area contributed by atoms with Crippen molar-refractivity contribution in [2.75, 3.05) is 12.4 Å². The number of carbonyl (C=O) groups excluding carboxylic acids is 1. The van der Waals surface area contributed by atoms with E-state index in [0.29, 0.717) is 23.2 Å². The van der Waals surface area contributed by atoms with Gasteiger partial charge in [-0.25, -0.2) is 9.98 Å². The quantitative estimate of drug-likeness (QED) is 0.615. The lowest BCUT2D eigenvalue weighted by atomic mass is 10.4. The first kappa shape index (κ1) is 13.6. The van der Waals surface area contributed by atoms with Crippen LogP contribution in [0.3, 0.4) is 0 Å². The van der Waals surface area contributed by atoms with Gasteiger partial charge in [0.1, 0.15) is 17.8 Å². The molecule has 0 spiro atoms. The number of anilines is 1. The zero-order chi connectivity index (χ0) is 13.5. The third-order valence-electron chi connectivity index (χ3n) is 1.80. The molecule has 1 amide bonds. The molecule has 7 heteroatoms. The molecule has 18 heavy (non-hydrogen) atoms. The summed E-state index contributed by atoms with van der Waals surface area (Å²) in [6.45, 7) is 3.06. The first-order valence-corrected chi connectivity index (χ1v) is 5.18. The number of nitrogens with one attached hydrogen (secondary N) is 1. The van der Waals surface area contributed by atoms with E-state index in [2.05, 4.69) is 20.3 Å². The van der Waals surface area contributed by atoms with Crippen molar-refractivity contribution in [2.24, 2.45) is 15.7 Å². The fourth-order valence-electron chi connectivity index (χ4n) is 1.11. The normalized spacial score (nSPS) is 11.6. The summed E-state index contributed by atoms with van der Waals surface area (Å²) in [5.74, 6) is 0.892. The van der Waals surface area contributed by atoms with E-state index in [4.69, 9.17) is 10.5 Å². The third kappa shape index (κ3) is 4.20. The number of hydrogen-bond donors (Lipinski definition) is 2.